The molecule has 0 aliphatic heterocycles. The van der Waals surface area contributed by atoms with Gasteiger partial charge >= 0.3 is 0 Å². The molecule has 0 aromatic heterocycles. The molecular formula is C16H17FN2O3S. The van der Waals surface area contributed by atoms with E-state index >= 15 is 0 Å². The van der Waals surface area contributed by atoms with Gasteiger partial charge in [0.25, 0.3) is 5.91 Å². The van der Waals surface area contributed by atoms with Crippen molar-refractivity contribution in [2.75, 3.05) is 11.9 Å². The molecule has 2 aromatic rings. The third-order valence-electron chi connectivity index (χ3n) is 3.19. The molecular weight excluding hydrogens is 319 g/mol. The van der Waals surface area contributed by atoms with Crippen molar-refractivity contribution in [3.8, 4) is 0 Å². The average molecular weight is 336 g/mol. The van der Waals surface area contributed by atoms with Crippen LogP contribution in [-0.4, -0.2) is 20.9 Å². The Morgan fingerprint density at radius 3 is 2.35 bits per heavy atom. The summed E-state index contributed by atoms with van der Waals surface area (Å²) >= 11 is 0. The first kappa shape index (κ1) is 17.1. The monoisotopic (exact) mass is 336 g/mol. The van der Waals surface area contributed by atoms with Crippen LogP contribution in [0.4, 0.5) is 10.1 Å². The lowest BCUT2D eigenvalue weighted by atomic mass is 10.2. The Kier molecular flexibility index (Phi) is 5.12. The predicted octanol–water partition coefficient (Wildman–Crippen LogP) is 2.68. The van der Waals surface area contributed by atoms with Gasteiger partial charge in [-0.3, -0.25) is 4.79 Å². The van der Waals surface area contributed by atoms with Crippen molar-refractivity contribution in [3.63, 3.8) is 0 Å². The second-order valence-electron chi connectivity index (χ2n) is 4.94. The maximum absolute atomic E-state index is 13.5. The topological polar surface area (TPSA) is 75.3 Å². The van der Waals surface area contributed by atoms with E-state index in [1.165, 1.54) is 30.3 Å². The molecule has 122 valence electrons. The third-order valence-corrected chi connectivity index (χ3v) is 4.75. The molecule has 0 heterocycles. The minimum atomic E-state index is -3.55. The summed E-state index contributed by atoms with van der Waals surface area (Å²) < 4.78 is 39.5. The van der Waals surface area contributed by atoms with E-state index in [4.69, 9.17) is 0 Å². The lowest BCUT2D eigenvalue weighted by Gasteiger charge is -2.08. The summed E-state index contributed by atoms with van der Waals surface area (Å²) in [7, 11) is -3.55. The van der Waals surface area contributed by atoms with E-state index in [-0.39, 0.29) is 17.0 Å². The van der Waals surface area contributed by atoms with Crippen LogP contribution < -0.4 is 10.0 Å². The Bertz CT molecular complexity index is 818. The summed E-state index contributed by atoms with van der Waals surface area (Å²) in [6.07, 6.45) is 0. The fraction of sp³-hybridized carbons (Fsp3) is 0.188. The van der Waals surface area contributed by atoms with E-state index in [9.17, 15) is 17.6 Å². The number of carbonyl (C=O) groups excluding carboxylic acids is 1. The van der Waals surface area contributed by atoms with Crippen molar-refractivity contribution in [2.24, 2.45) is 0 Å². The molecule has 2 N–H and O–H groups in total. The van der Waals surface area contributed by atoms with Crippen LogP contribution in [0.15, 0.2) is 47.4 Å². The number of halogens is 1. The fourth-order valence-corrected chi connectivity index (χ4v) is 2.97. The highest BCUT2D eigenvalue weighted by atomic mass is 32.2. The van der Waals surface area contributed by atoms with Gasteiger partial charge in [0.15, 0.2) is 0 Å². The molecule has 0 aliphatic rings. The molecule has 0 radical (unpaired) electrons. The van der Waals surface area contributed by atoms with Crippen molar-refractivity contribution in [1.82, 2.24) is 4.72 Å². The molecule has 2 aromatic carbocycles. The highest BCUT2D eigenvalue weighted by Crippen LogP contribution is 2.16. The number of benzene rings is 2. The molecule has 2 rings (SSSR count). The van der Waals surface area contributed by atoms with E-state index in [0.717, 1.165) is 0 Å². The summed E-state index contributed by atoms with van der Waals surface area (Å²) in [6, 6.07) is 9.91. The van der Waals surface area contributed by atoms with E-state index in [1.807, 2.05) is 0 Å². The van der Waals surface area contributed by atoms with Crippen molar-refractivity contribution in [2.45, 2.75) is 18.7 Å². The first-order valence-corrected chi connectivity index (χ1v) is 8.49. The third kappa shape index (κ3) is 4.14. The van der Waals surface area contributed by atoms with Crippen LogP contribution in [0.2, 0.25) is 0 Å². The Balaban J connectivity index is 2.15. The van der Waals surface area contributed by atoms with Gasteiger partial charge in [-0.05, 0) is 48.9 Å². The van der Waals surface area contributed by atoms with Crippen molar-refractivity contribution in [3.05, 3.63) is 59.4 Å². The second-order valence-corrected chi connectivity index (χ2v) is 6.71. The van der Waals surface area contributed by atoms with Gasteiger partial charge in [-0.15, -0.1) is 0 Å². The Morgan fingerprint density at radius 1 is 1.13 bits per heavy atom. The van der Waals surface area contributed by atoms with Crippen molar-refractivity contribution >= 4 is 21.6 Å². The maximum Gasteiger partial charge on any atom is 0.255 e. The van der Waals surface area contributed by atoms with Crippen LogP contribution in [0, 0.1) is 12.7 Å². The van der Waals surface area contributed by atoms with Crippen molar-refractivity contribution in [1.29, 1.82) is 0 Å². The van der Waals surface area contributed by atoms with Crippen LogP contribution in [0.5, 0.6) is 0 Å². The number of nitrogens with one attached hydrogen (secondary N) is 2. The minimum Gasteiger partial charge on any atom is -0.322 e. The van der Waals surface area contributed by atoms with Crippen LogP contribution in [0.3, 0.4) is 0 Å². The Morgan fingerprint density at radius 2 is 1.78 bits per heavy atom. The minimum absolute atomic E-state index is 0.0808. The molecule has 0 unspecified atom stereocenters. The number of amides is 1. The summed E-state index contributed by atoms with van der Waals surface area (Å²) in [4.78, 5) is 12.2. The molecule has 5 nitrogen and oxygen atoms in total. The number of aryl methyl sites for hydroxylation is 1. The summed E-state index contributed by atoms with van der Waals surface area (Å²) in [5.74, 6) is -0.851. The maximum atomic E-state index is 13.5. The van der Waals surface area contributed by atoms with Gasteiger partial charge in [0, 0.05) is 17.8 Å². The van der Waals surface area contributed by atoms with Gasteiger partial charge in [-0.2, -0.15) is 0 Å². The molecule has 0 saturated carbocycles. The van der Waals surface area contributed by atoms with Crippen LogP contribution >= 0.6 is 0 Å². The zero-order chi connectivity index (χ0) is 17.0. The number of carbonyl (C=O) groups is 1. The largest absolute Gasteiger partial charge is 0.322 e. The predicted molar refractivity (Wildman–Crippen MR) is 86.4 cm³/mol. The van der Waals surface area contributed by atoms with Gasteiger partial charge in [-0.1, -0.05) is 13.0 Å². The lowest BCUT2D eigenvalue weighted by Crippen LogP contribution is -2.23. The first-order chi connectivity index (χ1) is 10.8. The standard InChI is InChI=1S/C16H17FN2O3S/c1-3-18-23(21,22)14-8-5-12(6-9-14)16(20)19-13-7-4-11(2)15(17)10-13/h4-10,18H,3H2,1-2H3,(H,19,20). The SMILES string of the molecule is CCNS(=O)(=O)c1ccc(C(=O)Nc2ccc(C)c(F)c2)cc1. The smallest absolute Gasteiger partial charge is 0.255 e. The zero-order valence-corrected chi connectivity index (χ0v) is 13.6. The second kappa shape index (κ2) is 6.89. The van der Waals surface area contributed by atoms with Crippen molar-refractivity contribution < 1.29 is 17.6 Å². The number of hydrogen-bond acceptors (Lipinski definition) is 3. The molecule has 0 fully saturated rings. The average Bonchev–Trinajstić information content (AvgIpc) is 2.51. The number of hydrogen-bond donors (Lipinski definition) is 2. The molecule has 0 saturated heterocycles. The Labute approximate surface area is 134 Å². The van der Waals surface area contributed by atoms with E-state index in [0.29, 0.717) is 11.3 Å². The van der Waals surface area contributed by atoms with Gasteiger partial charge < -0.3 is 5.32 Å². The highest BCUT2D eigenvalue weighted by molar-refractivity contribution is 7.89. The zero-order valence-electron chi connectivity index (χ0n) is 12.8. The van der Waals surface area contributed by atoms with Gasteiger partial charge in [0.2, 0.25) is 10.0 Å². The summed E-state index contributed by atoms with van der Waals surface area (Å²) in [5.41, 5.74) is 1.10. The number of anilines is 1. The quantitative estimate of drug-likeness (QED) is 0.881. The lowest BCUT2D eigenvalue weighted by molar-refractivity contribution is 0.102. The molecule has 0 aliphatic carbocycles. The Hall–Kier alpha value is -2.25. The fourth-order valence-electron chi connectivity index (χ4n) is 1.93. The summed E-state index contributed by atoms with van der Waals surface area (Å²) in [6.45, 7) is 3.59. The molecule has 7 heteroatoms. The van der Waals surface area contributed by atoms with Gasteiger partial charge in [-0.25, -0.2) is 17.5 Å². The summed E-state index contributed by atoms with van der Waals surface area (Å²) in [5, 5.41) is 2.57. The molecule has 0 spiro atoms. The normalized spacial score (nSPS) is 11.3. The van der Waals surface area contributed by atoms with Crippen LogP contribution in [0.1, 0.15) is 22.8 Å². The number of sulfonamides is 1. The van der Waals surface area contributed by atoms with E-state index in [2.05, 4.69) is 10.0 Å². The molecule has 0 atom stereocenters. The van der Waals surface area contributed by atoms with E-state index in [1.54, 1.807) is 26.0 Å². The van der Waals surface area contributed by atoms with Crippen LogP contribution in [0.25, 0.3) is 0 Å². The highest BCUT2D eigenvalue weighted by Gasteiger charge is 2.14. The van der Waals surface area contributed by atoms with Gasteiger partial charge in [0.05, 0.1) is 4.90 Å². The molecule has 0 bridgehead atoms. The number of rotatable bonds is 5. The first-order valence-electron chi connectivity index (χ1n) is 7.00. The molecule has 1 amide bonds. The van der Waals surface area contributed by atoms with Crippen LogP contribution in [-0.2, 0) is 10.0 Å². The van der Waals surface area contributed by atoms with E-state index < -0.39 is 21.7 Å². The molecule has 23 heavy (non-hydrogen) atoms. The van der Waals surface area contributed by atoms with Gasteiger partial charge in [0.1, 0.15) is 5.82 Å².